The first-order valence-corrected chi connectivity index (χ1v) is 16.3. The minimum absolute atomic E-state index is 0.0339. The molecule has 2 fully saturated rings. The fourth-order valence-electron chi connectivity index (χ4n) is 8.24. The number of ketones is 1. The van der Waals surface area contributed by atoms with Crippen LogP contribution in [0.3, 0.4) is 0 Å². The fourth-order valence-corrected chi connectivity index (χ4v) is 9.57. The average Bonchev–Trinajstić information content (AvgIpc) is 3.45. The van der Waals surface area contributed by atoms with Gasteiger partial charge in [-0.1, -0.05) is 6.07 Å². The number of methoxy groups -OCH3 is 2. The van der Waals surface area contributed by atoms with Crippen molar-refractivity contribution in [2.45, 2.75) is 56.1 Å². The smallest absolute Gasteiger partial charge is 0.375 e. The number of esters is 2. The highest BCUT2D eigenvalue weighted by atomic mass is 32.2. The first-order valence-electron chi connectivity index (χ1n) is 15.2. The predicted octanol–water partition coefficient (Wildman–Crippen LogP) is 3.08. The normalized spacial score (nSPS) is 28.7. The van der Waals surface area contributed by atoms with Crippen molar-refractivity contribution in [1.29, 1.82) is 5.26 Å². The Bertz CT molecular complexity index is 1760. The Labute approximate surface area is 275 Å². The van der Waals surface area contributed by atoms with Gasteiger partial charge in [0, 0.05) is 55.3 Å². The van der Waals surface area contributed by atoms with E-state index in [9.17, 15) is 19.6 Å². The summed E-state index contributed by atoms with van der Waals surface area (Å²) < 4.78 is 41.2. The molecule has 0 radical (unpaired) electrons. The van der Waals surface area contributed by atoms with E-state index in [0.29, 0.717) is 58.4 Å². The summed E-state index contributed by atoms with van der Waals surface area (Å²) in [5, 5.41) is 10.6. The van der Waals surface area contributed by atoms with E-state index in [4.69, 9.17) is 33.2 Å². The Morgan fingerprint density at radius 3 is 2.57 bits per heavy atom. The number of fused-ring (bicyclic) bond motifs is 6. The molecule has 0 N–H and O–H groups in total. The van der Waals surface area contributed by atoms with Gasteiger partial charge < -0.3 is 33.2 Å². The topological polar surface area (TPSA) is 146 Å². The first kappa shape index (κ1) is 31.6. The van der Waals surface area contributed by atoms with Crippen LogP contribution >= 0.6 is 11.8 Å². The molecule has 0 saturated carbocycles. The van der Waals surface area contributed by atoms with Gasteiger partial charge in [0.25, 0.3) is 0 Å². The highest BCUT2D eigenvalue weighted by Crippen LogP contribution is 2.65. The van der Waals surface area contributed by atoms with Gasteiger partial charge in [0.05, 0.1) is 36.3 Å². The van der Waals surface area contributed by atoms with Gasteiger partial charge in [-0.05, 0) is 32.0 Å². The van der Waals surface area contributed by atoms with E-state index >= 15 is 0 Å². The van der Waals surface area contributed by atoms with Crippen molar-refractivity contribution < 1.29 is 47.5 Å². The number of Topliss-reactive ketones (excluding diaryl/α,β-unsaturated/α-hetero) is 1. The van der Waals surface area contributed by atoms with Crippen molar-refractivity contribution in [2.75, 3.05) is 53.8 Å². The average molecular weight is 666 g/mol. The van der Waals surface area contributed by atoms with E-state index in [1.54, 1.807) is 21.1 Å². The number of thioether (sulfide) groups is 1. The van der Waals surface area contributed by atoms with Crippen LogP contribution in [0.2, 0.25) is 0 Å². The fraction of sp³-hybridized carbons (Fsp3) is 0.515. The van der Waals surface area contributed by atoms with Crippen molar-refractivity contribution in [1.82, 2.24) is 9.80 Å². The summed E-state index contributed by atoms with van der Waals surface area (Å²) in [5.74, 6) is -0.0846. The number of aryl methyl sites for hydroxylation is 1. The maximum atomic E-state index is 13.0. The zero-order chi connectivity index (χ0) is 33.4. The molecule has 2 aromatic carbocycles. The van der Waals surface area contributed by atoms with E-state index in [1.165, 1.54) is 18.7 Å². The summed E-state index contributed by atoms with van der Waals surface area (Å²) in [7, 11) is 5.10. The molecular formula is C33H35N3O10S. The Kier molecular flexibility index (Phi) is 7.78. The van der Waals surface area contributed by atoms with Crippen molar-refractivity contribution >= 4 is 29.5 Å². The molecule has 8 rings (SSSR count). The molecule has 4 bridgehead atoms. The molecule has 14 heteroatoms. The predicted molar refractivity (Wildman–Crippen MR) is 166 cm³/mol. The van der Waals surface area contributed by atoms with Gasteiger partial charge >= 0.3 is 11.9 Å². The van der Waals surface area contributed by atoms with Crippen LogP contribution in [0.4, 0.5) is 0 Å². The number of likely N-dealkylation sites (N-methyl/N-ethyl adjacent to an activating group) is 1. The zero-order valence-corrected chi connectivity index (χ0v) is 27.8. The summed E-state index contributed by atoms with van der Waals surface area (Å²) >= 11 is 1.25. The molecule has 6 heterocycles. The number of carbonyl (C=O) groups is 3. The van der Waals surface area contributed by atoms with Gasteiger partial charge in [0.1, 0.15) is 17.9 Å². The Balaban J connectivity index is 1.59. The minimum Gasteiger partial charge on any atom is -0.493 e. The maximum absolute atomic E-state index is 13.0. The molecule has 2 aromatic rings. The van der Waals surface area contributed by atoms with Crippen molar-refractivity contribution in [3.8, 4) is 34.8 Å². The van der Waals surface area contributed by atoms with Gasteiger partial charge in [-0.25, -0.2) is 4.79 Å². The summed E-state index contributed by atoms with van der Waals surface area (Å²) in [4.78, 5) is 42.9. The molecule has 2 saturated heterocycles. The van der Waals surface area contributed by atoms with E-state index < -0.39 is 46.6 Å². The third-order valence-electron chi connectivity index (χ3n) is 9.76. The molecule has 47 heavy (non-hydrogen) atoms. The second-order valence-corrected chi connectivity index (χ2v) is 13.6. The van der Waals surface area contributed by atoms with E-state index in [2.05, 4.69) is 15.9 Å². The number of ether oxygens (including phenoxy) is 7. The number of rotatable bonds is 5. The van der Waals surface area contributed by atoms with Gasteiger partial charge in [-0.15, -0.1) is 11.8 Å². The molecule has 13 nitrogen and oxygen atoms in total. The number of piperazine rings is 1. The van der Waals surface area contributed by atoms with E-state index in [0.717, 1.165) is 16.7 Å². The number of hydrogen-bond acceptors (Lipinski definition) is 14. The van der Waals surface area contributed by atoms with E-state index in [-0.39, 0.29) is 25.9 Å². The lowest BCUT2D eigenvalue weighted by Gasteiger charge is -2.60. The Hall–Kier alpha value is -4.03. The lowest BCUT2D eigenvalue weighted by Crippen LogP contribution is -2.69. The number of benzene rings is 2. The van der Waals surface area contributed by atoms with Crippen LogP contribution in [0.1, 0.15) is 57.6 Å². The first-order chi connectivity index (χ1) is 22.6. The SMILES string of the molecule is COCOc1c(OC)c(C)cc2c1[C@@H]1C3[C@@H]4SCC(=O)C(=O)OC[C@@H](c5c6c(c(C)c(OC(C)=O)c54)OCO6)N3[C@](C#N)(C2)CN1C. The minimum atomic E-state index is -1.13. The van der Waals surface area contributed by atoms with Gasteiger partial charge in [0.2, 0.25) is 12.6 Å². The molecule has 0 amide bonds. The van der Waals surface area contributed by atoms with Crippen molar-refractivity contribution in [3.05, 3.63) is 39.4 Å². The van der Waals surface area contributed by atoms with Crippen LogP contribution in [0.25, 0.3) is 0 Å². The van der Waals surface area contributed by atoms with Crippen molar-refractivity contribution in [3.63, 3.8) is 0 Å². The number of cyclic esters (lactones) is 1. The number of carbonyl (C=O) groups excluding carboxylic acids is 3. The number of nitrogens with zero attached hydrogens (tertiary/aromatic N) is 3. The molecule has 248 valence electrons. The van der Waals surface area contributed by atoms with Gasteiger partial charge in [0.15, 0.2) is 29.8 Å². The number of nitriles is 1. The third-order valence-corrected chi connectivity index (χ3v) is 11.1. The van der Waals surface area contributed by atoms with Crippen LogP contribution < -0.4 is 23.7 Å². The molecule has 6 aliphatic heterocycles. The summed E-state index contributed by atoms with van der Waals surface area (Å²) in [6.07, 6.45) is 0.322. The largest absolute Gasteiger partial charge is 0.493 e. The zero-order valence-electron chi connectivity index (χ0n) is 27.0. The molecular weight excluding hydrogens is 630 g/mol. The van der Waals surface area contributed by atoms with Gasteiger partial charge in [-0.3, -0.25) is 19.4 Å². The molecule has 0 aliphatic carbocycles. The monoisotopic (exact) mass is 665 g/mol. The Morgan fingerprint density at radius 1 is 1.11 bits per heavy atom. The van der Waals surface area contributed by atoms with Crippen LogP contribution in [0.15, 0.2) is 6.07 Å². The second-order valence-electron chi connectivity index (χ2n) is 12.5. The van der Waals surface area contributed by atoms with E-state index in [1.807, 2.05) is 20.0 Å². The highest BCUT2D eigenvalue weighted by molar-refractivity contribution is 8.00. The maximum Gasteiger partial charge on any atom is 0.375 e. The standard InChI is InChI=1S/C33H35N3O10S/c1-15-7-18-8-33(11-34)12-35(4)24(21(18)29(26(15)41-6)43-13-40-5)25-31-23-22(19(36(25)33)9-42-32(39)20(38)10-47-31)30-28(44-14-45-30)16(2)27(23)46-17(3)37/h7,19,24-25,31H,8-10,12-14H2,1-6H3/t19-,24+,25?,31+,33-/m0/s1. The molecule has 2 unspecified atom stereocenters. The summed E-state index contributed by atoms with van der Waals surface area (Å²) in [6, 6.07) is 3.05. The molecule has 6 aliphatic rings. The lowest BCUT2D eigenvalue weighted by molar-refractivity contribution is -0.157. The molecule has 6 atom stereocenters. The number of hydrogen-bond donors (Lipinski definition) is 0. The van der Waals surface area contributed by atoms with Gasteiger partial charge in [-0.2, -0.15) is 5.26 Å². The summed E-state index contributed by atoms with van der Waals surface area (Å²) in [6.45, 7) is 5.08. The second kappa shape index (κ2) is 11.6. The van der Waals surface area contributed by atoms with Crippen LogP contribution in [-0.2, 0) is 30.3 Å². The van der Waals surface area contributed by atoms with Crippen LogP contribution in [0.5, 0.6) is 28.7 Å². The lowest BCUT2D eigenvalue weighted by atomic mass is 9.76. The molecule has 0 aromatic heterocycles. The van der Waals surface area contributed by atoms with Crippen LogP contribution in [0, 0.1) is 25.2 Å². The molecule has 0 spiro atoms. The summed E-state index contributed by atoms with van der Waals surface area (Å²) in [5.41, 5.74) is 3.31. The Morgan fingerprint density at radius 2 is 1.87 bits per heavy atom. The third kappa shape index (κ3) is 4.58. The highest BCUT2D eigenvalue weighted by Gasteiger charge is 2.63. The van der Waals surface area contributed by atoms with Crippen molar-refractivity contribution in [2.24, 2.45) is 0 Å². The van der Waals surface area contributed by atoms with Crippen LogP contribution in [-0.4, -0.2) is 92.9 Å². The quantitative estimate of drug-likeness (QED) is 0.200.